The Hall–Kier alpha value is -3.79. The number of ether oxygens (including phenoxy) is 1. The number of carbonyl (C=O) groups is 1. The second-order valence-corrected chi connectivity index (χ2v) is 8.45. The molecule has 11 heteroatoms. The van der Waals surface area contributed by atoms with Gasteiger partial charge in [-0.15, -0.1) is 5.10 Å². The maximum absolute atomic E-state index is 12.7. The molecule has 2 aromatic heterocycles. The van der Waals surface area contributed by atoms with Crippen LogP contribution >= 0.6 is 11.6 Å². The SMILES string of the molecule is CCNC(=O)c1ccc(-c2cnc3c(NCCC(F)(F)F)cc(Oc4ccc(Cl)cc4)nn23)cc1C. The van der Waals surface area contributed by atoms with Gasteiger partial charge in [0.15, 0.2) is 5.65 Å². The summed E-state index contributed by atoms with van der Waals surface area (Å²) in [5.74, 6) is 0.429. The summed E-state index contributed by atoms with van der Waals surface area (Å²) in [4.78, 5) is 16.7. The Kier molecular flexibility index (Phi) is 7.35. The van der Waals surface area contributed by atoms with E-state index in [9.17, 15) is 18.0 Å². The van der Waals surface area contributed by atoms with Crippen molar-refractivity contribution in [2.24, 2.45) is 0 Å². The monoisotopic (exact) mass is 517 g/mol. The second-order valence-electron chi connectivity index (χ2n) is 8.01. The Morgan fingerprint density at radius 2 is 1.89 bits per heavy atom. The number of rotatable bonds is 8. The quantitative estimate of drug-likeness (QED) is 0.288. The third-order valence-electron chi connectivity index (χ3n) is 5.31. The van der Waals surface area contributed by atoms with Crippen molar-refractivity contribution in [1.29, 1.82) is 0 Å². The summed E-state index contributed by atoms with van der Waals surface area (Å²) < 4.78 is 45.6. The first-order chi connectivity index (χ1) is 17.1. The molecule has 2 N–H and O–H groups in total. The maximum Gasteiger partial charge on any atom is 0.390 e. The van der Waals surface area contributed by atoms with Crippen LogP contribution in [0.2, 0.25) is 5.02 Å². The van der Waals surface area contributed by atoms with Crippen LogP contribution < -0.4 is 15.4 Å². The van der Waals surface area contributed by atoms with Crippen molar-refractivity contribution in [3.05, 3.63) is 70.9 Å². The number of imidazole rings is 1. The van der Waals surface area contributed by atoms with Gasteiger partial charge in [-0.2, -0.15) is 13.2 Å². The molecule has 0 saturated heterocycles. The highest BCUT2D eigenvalue weighted by atomic mass is 35.5. The number of alkyl halides is 3. The molecule has 2 heterocycles. The standard InChI is InChI=1S/C25H23ClF3N5O2/c1-3-30-24(35)19-9-4-16(12-15(19)2)21-14-32-23-20(31-11-10-25(27,28)29)13-22(33-34(21)23)36-18-7-5-17(26)6-8-18/h4-9,12-14,31H,3,10-11H2,1-2H3,(H,30,35). The lowest BCUT2D eigenvalue weighted by molar-refractivity contribution is -0.131. The summed E-state index contributed by atoms with van der Waals surface area (Å²) in [6.45, 7) is 3.84. The van der Waals surface area contributed by atoms with Crippen LogP contribution in [0.1, 0.15) is 29.3 Å². The normalized spacial score (nSPS) is 11.5. The highest BCUT2D eigenvalue weighted by molar-refractivity contribution is 6.30. The van der Waals surface area contributed by atoms with E-state index in [0.29, 0.717) is 39.9 Å². The first-order valence-corrected chi connectivity index (χ1v) is 11.5. The van der Waals surface area contributed by atoms with E-state index in [0.717, 1.165) is 11.1 Å². The molecule has 1 amide bonds. The number of halogens is 4. The van der Waals surface area contributed by atoms with Crippen molar-refractivity contribution < 1.29 is 22.7 Å². The van der Waals surface area contributed by atoms with Crippen molar-refractivity contribution in [3.63, 3.8) is 0 Å². The van der Waals surface area contributed by atoms with Crippen molar-refractivity contribution in [2.45, 2.75) is 26.4 Å². The fourth-order valence-corrected chi connectivity index (χ4v) is 3.74. The second kappa shape index (κ2) is 10.4. The lowest BCUT2D eigenvalue weighted by Crippen LogP contribution is -2.23. The number of carbonyl (C=O) groups excluding carboxylic acids is 1. The highest BCUT2D eigenvalue weighted by Crippen LogP contribution is 2.30. The summed E-state index contributed by atoms with van der Waals surface area (Å²) in [6, 6.07) is 13.4. The topological polar surface area (TPSA) is 80.5 Å². The molecular weight excluding hydrogens is 495 g/mol. The van der Waals surface area contributed by atoms with Crippen molar-refractivity contribution in [3.8, 4) is 22.9 Å². The summed E-state index contributed by atoms with van der Waals surface area (Å²) in [7, 11) is 0. The molecule has 36 heavy (non-hydrogen) atoms. The number of fused-ring (bicyclic) bond motifs is 1. The lowest BCUT2D eigenvalue weighted by Gasteiger charge is -2.13. The van der Waals surface area contributed by atoms with Gasteiger partial charge in [0.25, 0.3) is 5.91 Å². The van der Waals surface area contributed by atoms with Gasteiger partial charge < -0.3 is 15.4 Å². The molecule has 0 atom stereocenters. The van der Waals surface area contributed by atoms with Crippen LogP contribution in [0.4, 0.5) is 18.9 Å². The zero-order chi connectivity index (χ0) is 25.9. The Morgan fingerprint density at radius 3 is 2.56 bits per heavy atom. The summed E-state index contributed by atoms with van der Waals surface area (Å²) in [5, 5.41) is 10.6. The zero-order valence-electron chi connectivity index (χ0n) is 19.5. The van der Waals surface area contributed by atoms with Gasteiger partial charge >= 0.3 is 6.18 Å². The molecule has 0 unspecified atom stereocenters. The number of aromatic nitrogens is 3. The molecule has 7 nitrogen and oxygen atoms in total. The van der Waals surface area contributed by atoms with Gasteiger partial charge in [0, 0.05) is 35.3 Å². The minimum atomic E-state index is -4.30. The molecular formula is C25H23ClF3N5O2. The van der Waals surface area contributed by atoms with Crippen LogP contribution in [0.25, 0.3) is 16.9 Å². The molecule has 0 radical (unpaired) electrons. The number of benzene rings is 2. The van der Waals surface area contributed by atoms with Gasteiger partial charge in [-0.25, -0.2) is 9.50 Å². The third kappa shape index (κ3) is 5.88. The van der Waals surface area contributed by atoms with E-state index in [2.05, 4.69) is 20.7 Å². The van der Waals surface area contributed by atoms with Gasteiger partial charge in [0.2, 0.25) is 5.88 Å². The van der Waals surface area contributed by atoms with E-state index in [1.165, 1.54) is 10.6 Å². The van der Waals surface area contributed by atoms with E-state index in [-0.39, 0.29) is 18.3 Å². The minimum absolute atomic E-state index is 0.147. The Morgan fingerprint density at radius 1 is 1.14 bits per heavy atom. The van der Waals surface area contributed by atoms with Crippen molar-refractivity contribution in [1.82, 2.24) is 19.9 Å². The Bertz CT molecular complexity index is 1390. The molecule has 4 aromatic rings. The van der Waals surface area contributed by atoms with Gasteiger partial charge in [0.05, 0.1) is 24.0 Å². The fraction of sp³-hybridized carbons (Fsp3) is 0.240. The van der Waals surface area contributed by atoms with Crippen molar-refractivity contribution in [2.75, 3.05) is 18.4 Å². The first-order valence-electron chi connectivity index (χ1n) is 11.2. The number of anilines is 1. The van der Waals surface area contributed by atoms with Crippen LogP contribution in [0.5, 0.6) is 11.6 Å². The summed E-state index contributed by atoms with van der Waals surface area (Å²) in [5.41, 5.74) is 3.27. The molecule has 0 aliphatic heterocycles. The van der Waals surface area contributed by atoms with Crippen LogP contribution in [-0.2, 0) is 0 Å². The maximum atomic E-state index is 12.7. The Balaban J connectivity index is 1.74. The lowest BCUT2D eigenvalue weighted by atomic mass is 10.0. The number of nitrogens with zero attached hydrogens (tertiary/aromatic N) is 3. The summed E-state index contributed by atoms with van der Waals surface area (Å²) >= 11 is 5.94. The van der Waals surface area contributed by atoms with E-state index in [4.69, 9.17) is 16.3 Å². The molecule has 2 aromatic carbocycles. The average Bonchev–Trinajstić information content (AvgIpc) is 3.24. The van der Waals surface area contributed by atoms with Crippen LogP contribution in [0.15, 0.2) is 54.7 Å². The molecule has 0 aliphatic carbocycles. The third-order valence-corrected chi connectivity index (χ3v) is 5.56. The molecule has 4 rings (SSSR count). The summed E-state index contributed by atoms with van der Waals surface area (Å²) in [6.07, 6.45) is -3.74. The van der Waals surface area contributed by atoms with Crippen LogP contribution in [0.3, 0.4) is 0 Å². The van der Waals surface area contributed by atoms with Crippen LogP contribution in [0, 0.1) is 6.92 Å². The fourth-order valence-electron chi connectivity index (χ4n) is 3.62. The van der Waals surface area contributed by atoms with Gasteiger partial charge in [-0.05, 0) is 55.8 Å². The largest absolute Gasteiger partial charge is 0.438 e. The molecule has 188 valence electrons. The van der Waals surface area contributed by atoms with Gasteiger partial charge in [0.1, 0.15) is 5.75 Å². The minimum Gasteiger partial charge on any atom is -0.438 e. The van der Waals surface area contributed by atoms with E-state index in [1.807, 2.05) is 19.9 Å². The smallest absolute Gasteiger partial charge is 0.390 e. The first kappa shape index (κ1) is 25.3. The van der Waals surface area contributed by atoms with E-state index in [1.54, 1.807) is 42.6 Å². The molecule has 0 saturated carbocycles. The van der Waals surface area contributed by atoms with E-state index < -0.39 is 12.6 Å². The zero-order valence-corrected chi connectivity index (χ0v) is 20.2. The molecule has 0 aliphatic rings. The van der Waals surface area contributed by atoms with Gasteiger partial charge in [-0.3, -0.25) is 4.79 Å². The number of aryl methyl sites for hydroxylation is 1. The van der Waals surface area contributed by atoms with Crippen molar-refractivity contribution >= 4 is 28.8 Å². The molecule has 0 spiro atoms. The van der Waals surface area contributed by atoms with Gasteiger partial charge in [-0.1, -0.05) is 17.7 Å². The number of hydrogen-bond acceptors (Lipinski definition) is 5. The Labute approximate surface area is 210 Å². The highest BCUT2D eigenvalue weighted by Gasteiger charge is 2.26. The molecule has 0 fully saturated rings. The molecule has 0 bridgehead atoms. The van der Waals surface area contributed by atoms with E-state index >= 15 is 0 Å². The average molecular weight is 518 g/mol. The van der Waals surface area contributed by atoms with Crippen LogP contribution in [-0.4, -0.2) is 39.8 Å². The predicted octanol–water partition coefficient (Wildman–Crippen LogP) is 6.26. The predicted molar refractivity (Wildman–Crippen MR) is 132 cm³/mol. The number of amides is 1. The number of hydrogen-bond donors (Lipinski definition) is 2. The number of nitrogens with one attached hydrogen (secondary N) is 2.